The van der Waals surface area contributed by atoms with E-state index in [0.717, 1.165) is 54.9 Å². The third-order valence-electron chi connectivity index (χ3n) is 4.47. The van der Waals surface area contributed by atoms with E-state index in [9.17, 15) is 4.79 Å². The predicted octanol–water partition coefficient (Wildman–Crippen LogP) is 3.31. The maximum absolute atomic E-state index is 11.9. The summed E-state index contributed by atoms with van der Waals surface area (Å²) >= 11 is 0. The number of pyridine rings is 1. The van der Waals surface area contributed by atoms with Gasteiger partial charge in [0.15, 0.2) is 0 Å². The van der Waals surface area contributed by atoms with Crippen LogP contribution in [0.1, 0.15) is 47.9 Å². The van der Waals surface area contributed by atoms with Crippen molar-refractivity contribution in [1.82, 2.24) is 14.8 Å². The van der Waals surface area contributed by atoms with Crippen molar-refractivity contribution >= 4 is 18.4 Å². The van der Waals surface area contributed by atoms with Crippen molar-refractivity contribution in [1.29, 1.82) is 0 Å². The van der Waals surface area contributed by atoms with E-state index in [4.69, 9.17) is 10.5 Å². The number of aromatic nitrogens is 3. The minimum absolute atomic E-state index is 0. The number of nitrogens with zero attached hydrogens (tertiary/aromatic N) is 3. The van der Waals surface area contributed by atoms with E-state index < -0.39 is 0 Å². The van der Waals surface area contributed by atoms with Crippen LogP contribution in [0.3, 0.4) is 0 Å². The molecule has 2 heterocycles. The molecule has 0 aliphatic rings. The van der Waals surface area contributed by atoms with Gasteiger partial charge < -0.3 is 10.5 Å². The van der Waals surface area contributed by atoms with Crippen LogP contribution >= 0.6 is 12.4 Å². The molecule has 0 fully saturated rings. The molecular formula is C19H29ClN4O2. The van der Waals surface area contributed by atoms with Crippen molar-refractivity contribution in [2.75, 3.05) is 13.7 Å². The molecule has 2 N–H and O–H groups in total. The minimum Gasteiger partial charge on any atom is -0.465 e. The predicted molar refractivity (Wildman–Crippen MR) is 106 cm³/mol. The van der Waals surface area contributed by atoms with Crippen LogP contribution in [0.5, 0.6) is 0 Å². The molecule has 0 radical (unpaired) electrons. The highest BCUT2D eigenvalue weighted by Gasteiger charge is 2.15. The van der Waals surface area contributed by atoms with Gasteiger partial charge in [-0.05, 0) is 50.8 Å². The monoisotopic (exact) mass is 380 g/mol. The van der Waals surface area contributed by atoms with Crippen LogP contribution in [-0.4, -0.2) is 34.4 Å². The molecule has 144 valence electrons. The first kappa shape index (κ1) is 22.1. The molecule has 0 unspecified atom stereocenters. The van der Waals surface area contributed by atoms with E-state index in [1.54, 1.807) is 12.1 Å². The van der Waals surface area contributed by atoms with E-state index in [2.05, 4.69) is 17.0 Å². The summed E-state index contributed by atoms with van der Waals surface area (Å²) in [6, 6.07) is 3.51. The molecule has 0 saturated carbocycles. The molecule has 0 saturated heterocycles. The van der Waals surface area contributed by atoms with Gasteiger partial charge in [0.1, 0.15) is 0 Å². The molecule has 26 heavy (non-hydrogen) atoms. The first-order chi connectivity index (χ1) is 12.0. The average Bonchev–Trinajstić information content (AvgIpc) is 2.97. The zero-order chi connectivity index (χ0) is 18.4. The topological polar surface area (TPSA) is 83.0 Å². The second kappa shape index (κ2) is 10.3. The van der Waals surface area contributed by atoms with Gasteiger partial charge in [-0.3, -0.25) is 9.67 Å². The van der Waals surface area contributed by atoms with Gasteiger partial charge in [0.25, 0.3) is 0 Å². The Hall–Kier alpha value is -1.92. The number of nitrogens with two attached hydrogens (primary N) is 1. The van der Waals surface area contributed by atoms with Gasteiger partial charge in [-0.1, -0.05) is 13.3 Å². The summed E-state index contributed by atoms with van der Waals surface area (Å²) in [6.07, 6.45) is 6.09. The number of methoxy groups -OCH3 is 1. The van der Waals surface area contributed by atoms with Crippen LogP contribution in [0, 0.1) is 12.8 Å². The summed E-state index contributed by atoms with van der Waals surface area (Å²) in [4.78, 5) is 16.4. The van der Waals surface area contributed by atoms with Gasteiger partial charge in [0, 0.05) is 24.0 Å². The quantitative estimate of drug-likeness (QED) is 0.561. The Morgan fingerprint density at radius 2 is 2.08 bits per heavy atom. The normalized spacial score (nSPS) is 11.7. The molecule has 0 amide bonds. The van der Waals surface area contributed by atoms with E-state index in [1.165, 1.54) is 7.11 Å². The van der Waals surface area contributed by atoms with Crippen molar-refractivity contribution in [3.8, 4) is 11.3 Å². The van der Waals surface area contributed by atoms with Crippen molar-refractivity contribution in [3.05, 3.63) is 35.3 Å². The van der Waals surface area contributed by atoms with Crippen molar-refractivity contribution < 1.29 is 9.53 Å². The molecule has 2 aromatic rings. The number of aryl methyl sites for hydroxylation is 2. The Labute approximate surface area is 161 Å². The van der Waals surface area contributed by atoms with Crippen LogP contribution in [0.4, 0.5) is 0 Å². The number of halogens is 1. The lowest BCUT2D eigenvalue weighted by atomic mass is 10.0. The van der Waals surface area contributed by atoms with Crippen molar-refractivity contribution in [2.45, 2.75) is 39.5 Å². The summed E-state index contributed by atoms with van der Waals surface area (Å²) in [5.41, 5.74) is 9.84. The Morgan fingerprint density at radius 1 is 1.35 bits per heavy atom. The van der Waals surface area contributed by atoms with Crippen LogP contribution in [0.15, 0.2) is 18.3 Å². The van der Waals surface area contributed by atoms with E-state index in [-0.39, 0.29) is 18.4 Å². The lowest BCUT2D eigenvalue weighted by Crippen LogP contribution is -2.10. The molecule has 0 spiro atoms. The molecule has 0 bridgehead atoms. The third-order valence-corrected chi connectivity index (χ3v) is 4.47. The smallest absolute Gasteiger partial charge is 0.337 e. The molecule has 1 atom stereocenters. The maximum atomic E-state index is 11.9. The Kier molecular flexibility index (Phi) is 8.75. The van der Waals surface area contributed by atoms with E-state index in [0.29, 0.717) is 11.5 Å². The number of carbonyl (C=O) groups is 1. The van der Waals surface area contributed by atoms with Gasteiger partial charge >= 0.3 is 5.97 Å². The molecule has 2 rings (SSSR count). The van der Waals surface area contributed by atoms with E-state index in [1.807, 2.05) is 24.9 Å². The van der Waals surface area contributed by atoms with Crippen molar-refractivity contribution in [2.24, 2.45) is 18.7 Å². The molecular weight excluding hydrogens is 352 g/mol. The summed E-state index contributed by atoms with van der Waals surface area (Å²) in [5.74, 6) is 0.208. The fourth-order valence-electron chi connectivity index (χ4n) is 2.92. The summed E-state index contributed by atoms with van der Waals surface area (Å²) < 4.78 is 6.72. The Bertz CT molecular complexity index is 730. The molecule has 0 aliphatic heterocycles. The van der Waals surface area contributed by atoms with Crippen LogP contribution < -0.4 is 5.73 Å². The minimum atomic E-state index is -0.354. The zero-order valence-corrected chi connectivity index (χ0v) is 16.8. The van der Waals surface area contributed by atoms with Gasteiger partial charge in [0.2, 0.25) is 0 Å². The van der Waals surface area contributed by atoms with E-state index >= 15 is 0 Å². The SMILES string of the molecule is COC(=O)c1cc(C)nc(-c2cnn(C)c2CCCC[C@@H](C)CN)c1.Cl. The second-order valence-corrected chi connectivity index (χ2v) is 6.59. The fraction of sp³-hybridized carbons (Fsp3) is 0.526. The first-order valence-corrected chi connectivity index (χ1v) is 8.74. The van der Waals surface area contributed by atoms with Crippen LogP contribution in [-0.2, 0) is 18.2 Å². The molecule has 2 aromatic heterocycles. The maximum Gasteiger partial charge on any atom is 0.337 e. The lowest BCUT2D eigenvalue weighted by molar-refractivity contribution is 0.0600. The number of hydrogen-bond acceptors (Lipinski definition) is 5. The number of hydrogen-bond donors (Lipinski definition) is 1. The van der Waals surface area contributed by atoms with Crippen molar-refractivity contribution in [3.63, 3.8) is 0 Å². The third kappa shape index (κ3) is 5.54. The Morgan fingerprint density at radius 3 is 2.73 bits per heavy atom. The molecule has 0 aromatic carbocycles. The highest BCUT2D eigenvalue weighted by Crippen LogP contribution is 2.25. The number of rotatable bonds is 8. The fourth-order valence-corrected chi connectivity index (χ4v) is 2.92. The number of carbonyl (C=O) groups excluding carboxylic acids is 1. The van der Waals surface area contributed by atoms with Gasteiger partial charge in [-0.2, -0.15) is 5.10 Å². The van der Waals surface area contributed by atoms with Gasteiger partial charge in [-0.25, -0.2) is 4.79 Å². The average molecular weight is 381 g/mol. The number of ether oxygens (including phenoxy) is 1. The summed E-state index contributed by atoms with van der Waals surface area (Å²) in [7, 11) is 3.33. The molecule has 6 nitrogen and oxygen atoms in total. The van der Waals surface area contributed by atoms with Crippen LogP contribution in [0.2, 0.25) is 0 Å². The highest BCUT2D eigenvalue weighted by molar-refractivity contribution is 5.90. The molecule has 0 aliphatic carbocycles. The molecule has 7 heteroatoms. The Balaban J connectivity index is 0.00000338. The first-order valence-electron chi connectivity index (χ1n) is 8.74. The van der Waals surface area contributed by atoms with Gasteiger partial charge in [0.05, 0.1) is 24.6 Å². The lowest BCUT2D eigenvalue weighted by Gasteiger charge is -2.10. The standard InChI is InChI=1S/C19H28N4O2.ClH/c1-13(11-20)7-5-6-8-18-16(12-21-23(18)3)17-10-15(19(24)25-4)9-14(2)22-17;/h9-10,12-13H,5-8,11,20H2,1-4H3;1H/t13-;/m1./s1. The largest absolute Gasteiger partial charge is 0.465 e. The number of unbranched alkanes of at least 4 members (excludes halogenated alkanes) is 1. The summed E-state index contributed by atoms with van der Waals surface area (Å²) in [6.45, 7) is 4.79. The summed E-state index contributed by atoms with van der Waals surface area (Å²) in [5, 5.41) is 4.39. The zero-order valence-electron chi connectivity index (χ0n) is 16.0. The second-order valence-electron chi connectivity index (χ2n) is 6.59. The van der Waals surface area contributed by atoms with Crippen LogP contribution in [0.25, 0.3) is 11.3 Å². The van der Waals surface area contributed by atoms with Gasteiger partial charge in [-0.15, -0.1) is 12.4 Å². The highest BCUT2D eigenvalue weighted by atomic mass is 35.5. The number of esters is 1.